The van der Waals surface area contributed by atoms with Gasteiger partial charge in [0.25, 0.3) is 5.56 Å². The van der Waals surface area contributed by atoms with Gasteiger partial charge in [-0.3, -0.25) is 14.8 Å². The predicted molar refractivity (Wildman–Crippen MR) is 96.7 cm³/mol. The Morgan fingerprint density at radius 2 is 2.04 bits per heavy atom. The molecule has 2 N–H and O–H groups in total. The fraction of sp³-hybridized carbons (Fsp3) is 0. The van der Waals surface area contributed by atoms with Crippen molar-refractivity contribution >= 4 is 44.1 Å². The Bertz CT molecular complexity index is 1380. The second-order valence-corrected chi connectivity index (χ2v) is 6.71. The quantitative estimate of drug-likeness (QED) is 0.498. The number of carbonyl (C=O) groups is 1. The Kier molecular flexibility index (Phi) is 2.95. The molecule has 0 atom stereocenters. The second-order valence-electron chi connectivity index (χ2n) is 5.68. The van der Waals surface area contributed by atoms with E-state index in [0.717, 1.165) is 10.4 Å². The molecule has 0 saturated heterocycles. The first-order chi connectivity index (χ1) is 12.6. The Balaban J connectivity index is 1.82. The molecule has 0 bridgehead atoms. The van der Waals surface area contributed by atoms with Crippen LogP contribution in [0.2, 0.25) is 0 Å². The first kappa shape index (κ1) is 14.7. The number of aromatic nitrogens is 5. The number of aromatic carboxylic acids is 1. The molecule has 126 valence electrons. The van der Waals surface area contributed by atoms with Gasteiger partial charge in [-0.25, -0.2) is 9.31 Å². The summed E-state index contributed by atoms with van der Waals surface area (Å²) in [6.07, 6.45) is 6.53. The summed E-state index contributed by atoms with van der Waals surface area (Å²) in [5.74, 6) is -1.10. The van der Waals surface area contributed by atoms with E-state index in [1.807, 2.05) is 18.3 Å². The number of hydrogen-bond acceptors (Lipinski definition) is 6. The number of aromatic amines is 1. The molecule has 9 heteroatoms. The van der Waals surface area contributed by atoms with Gasteiger partial charge in [0.2, 0.25) is 0 Å². The summed E-state index contributed by atoms with van der Waals surface area (Å²) in [6, 6.07) is 5.17. The van der Waals surface area contributed by atoms with Gasteiger partial charge in [0.05, 0.1) is 16.0 Å². The maximum atomic E-state index is 12.6. The van der Waals surface area contributed by atoms with E-state index in [1.165, 1.54) is 23.6 Å². The monoisotopic (exact) mass is 363 g/mol. The number of carboxylic acid groups (broad SMARTS) is 1. The Hall–Kier alpha value is -3.59. The number of pyridine rings is 3. The lowest BCUT2D eigenvalue weighted by atomic mass is 10.2. The lowest BCUT2D eigenvalue weighted by Crippen LogP contribution is -2.07. The molecule has 8 nitrogen and oxygen atoms in total. The summed E-state index contributed by atoms with van der Waals surface area (Å²) in [7, 11) is 0. The largest absolute Gasteiger partial charge is 0.478 e. The van der Waals surface area contributed by atoms with Crippen LogP contribution < -0.4 is 5.56 Å². The van der Waals surface area contributed by atoms with Gasteiger partial charge in [0.1, 0.15) is 21.3 Å². The molecule has 26 heavy (non-hydrogen) atoms. The van der Waals surface area contributed by atoms with Crippen LogP contribution >= 0.6 is 11.3 Å². The van der Waals surface area contributed by atoms with Gasteiger partial charge in [0, 0.05) is 24.8 Å². The zero-order chi connectivity index (χ0) is 17.8. The molecule has 0 radical (unpaired) electrons. The average molecular weight is 363 g/mol. The first-order valence-corrected chi connectivity index (χ1v) is 8.41. The number of carboxylic acids is 1. The topological polar surface area (TPSA) is 113 Å². The Labute approximate surface area is 148 Å². The molecule has 0 aliphatic carbocycles. The standard InChI is InChI=1S/C17H9N5O3S/c23-15-12-14(13-10(20-15)5-9(6-19-13)17(24)25)21-22-7-11(26-16(12)22)8-1-3-18-4-2-8/h1-7H,(H,20,23)(H,24,25). The van der Waals surface area contributed by atoms with Crippen molar-refractivity contribution in [2.75, 3.05) is 0 Å². The van der Waals surface area contributed by atoms with E-state index in [-0.39, 0.29) is 11.1 Å². The van der Waals surface area contributed by atoms with E-state index in [9.17, 15) is 9.59 Å². The van der Waals surface area contributed by atoms with Gasteiger partial charge in [-0.05, 0) is 23.8 Å². The predicted octanol–water partition coefficient (Wildman–Crippen LogP) is 2.55. The summed E-state index contributed by atoms with van der Waals surface area (Å²) in [5, 5.41) is 14.0. The van der Waals surface area contributed by atoms with E-state index in [2.05, 4.69) is 20.1 Å². The van der Waals surface area contributed by atoms with E-state index in [0.29, 0.717) is 26.8 Å². The van der Waals surface area contributed by atoms with Crippen LogP contribution in [0.25, 0.3) is 37.2 Å². The fourth-order valence-electron chi connectivity index (χ4n) is 2.92. The Morgan fingerprint density at radius 1 is 1.23 bits per heavy atom. The van der Waals surface area contributed by atoms with E-state index >= 15 is 0 Å². The molecule has 5 rings (SSSR count). The van der Waals surface area contributed by atoms with Gasteiger partial charge in [0.15, 0.2) is 0 Å². The number of hydrogen-bond donors (Lipinski definition) is 2. The molecule has 0 aliphatic heterocycles. The minimum atomic E-state index is -1.10. The lowest BCUT2D eigenvalue weighted by molar-refractivity contribution is 0.0696. The number of H-pyrrole nitrogens is 1. The third kappa shape index (κ3) is 2.04. The number of thiazole rings is 1. The maximum Gasteiger partial charge on any atom is 0.337 e. The normalized spacial score (nSPS) is 11.5. The molecule has 0 saturated carbocycles. The average Bonchev–Trinajstić information content (AvgIpc) is 3.20. The summed E-state index contributed by atoms with van der Waals surface area (Å²) in [4.78, 5) is 36.3. The van der Waals surface area contributed by atoms with E-state index in [1.54, 1.807) is 16.9 Å². The number of rotatable bonds is 2. The van der Waals surface area contributed by atoms with Gasteiger partial charge in [-0.2, -0.15) is 5.10 Å². The fourth-order valence-corrected chi connectivity index (χ4v) is 4.01. The Morgan fingerprint density at radius 3 is 2.81 bits per heavy atom. The van der Waals surface area contributed by atoms with Crippen LogP contribution in [-0.2, 0) is 0 Å². The molecule has 0 amide bonds. The first-order valence-electron chi connectivity index (χ1n) is 7.59. The van der Waals surface area contributed by atoms with Gasteiger partial charge in [-0.15, -0.1) is 11.3 Å². The van der Waals surface area contributed by atoms with Crippen molar-refractivity contribution in [3.63, 3.8) is 0 Å². The van der Waals surface area contributed by atoms with Crippen molar-refractivity contribution in [2.45, 2.75) is 0 Å². The summed E-state index contributed by atoms with van der Waals surface area (Å²) in [5.41, 5.74) is 1.94. The molecule has 5 aromatic heterocycles. The van der Waals surface area contributed by atoms with Crippen molar-refractivity contribution < 1.29 is 9.90 Å². The van der Waals surface area contributed by atoms with Crippen LogP contribution in [-0.4, -0.2) is 35.6 Å². The van der Waals surface area contributed by atoms with Crippen LogP contribution in [0.3, 0.4) is 0 Å². The van der Waals surface area contributed by atoms with Crippen molar-refractivity contribution in [2.24, 2.45) is 0 Å². The number of fused-ring (bicyclic) bond motifs is 5. The van der Waals surface area contributed by atoms with Gasteiger partial charge >= 0.3 is 5.97 Å². The van der Waals surface area contributed by atoms with Crippen LogP contribution in [0, 0.1) is 0 Å². The number of nitrogens with zero attached hydrogens (tertiary/aromatic N) is 4. The zero-order valence-electron chi connectivity index (χ0n) is 13.0. The molecule has 5 aromatic rings. The zero-order valence-corrected chi connectivity index (χ0v) is 13.8. The molecular formula is C17H9N5O3S. The highest BCUT2D eigenvalue weighted by molar-refractivity contribution is 7.21. The third-order valence-corrected chi connectivity index (χ3v) is 5.26. The van der Waals surface area contributed by atoms with Crippen LogP contribution in [0.5, 0.6) is 0 Å². The molecule has 5 heterocycles. The molecule has 0 aliphatic rings. The number of nitrogens with one attached hydrogen (secondary N) is 1. The smallest absolute Gasteiger partial charge is 0.337 e. The molecule has 0 fully saturated rings. The second kappa shape index (κ2) is 5.20. The molecule has 0 aromatic carbocycles. The van der Waals surface area contributed by atoms with Gasteiger partial charge < -0.3 is 10.1 Å². The van der Waals surface area contributed by atoms with E-state index < -0.39 is 5.97 Å². The third-order valence-electron chi connectivity index (χ3n) is 4.11. The minimum absolute atomic E-state index is 0.00787. The summed E-state index contributed by atoms with van der Waals surface area (Å²) >= 11 is 1.45. The molecular weight excluding hydrogens is 354 g/mol. The highest BCUT2D eigenvalue weighted by Crippen LogP contribution is 2.32. The van der Waals surface area contributed by atoms with Crippen molar-refractivity contribution in [1.82, 2.24) is 24.6 Å². The van der Waals surface area contributed by atoms with Crippen molar-refractivity contribution in [3.05, 3.63) is 58.9 Å². The molecule has 0 spiro atoms. The SMILES string of the molecule is O=C(O)c1cnc2c(c1)[nH]c(=O)c1c2nn2cc(-c3ccncc3)sc12. The van der Waals surface area contributed by atoms with Crippen LogP contribution in [0.4, 0.5) is 0 Å². The summed E-state index contributed by atoms with van der Waals surface area (Å²) < 4.78 is 1.66. The summed E-state index contributed by atoms with van der Waals surface area (Å²) in [6.45, 7) is 0. The molecule has 0 unspecified atom stereocenters. The van der Waals surface area contributed by atoms with Crippen molar-refractivity contribution in [3.8, 4) is 10.4 Å². The highest BCUT2D eigenvalue weighted by Gasteiger charge is 2.18. The van der Waals surface area contributed by atoms with E-state index in [4.69, 9.17) is 5.11 Å². The van der Waals surface area contributed by atoms with Crippen molar-refractivity contribution in [1.29, 1.82) is 0 Å². The van der Waals surface area contributed by atoms with Gasteiger partial charge in [-0.1, -0.05) is 0 Å². The lowest BCUT2D eigenvalue weighted by Gasteiger charge is -2.00. The van der Waals surface area contributed by atoms with Crippen LogP contribution in [0.1, 0.15) is 10.4 Å². The van der Waals surface area contributed by atoms with Crippen LogP contribution in [0.15, 0.2) is 47.8 Å². The minimum Gasteiger partial charge on any atom is -0.478 e. The highest BCUT2D eigenvalue weighted by atomic mass is 32.1. The maximum absolute atomic E-state index is 12.6.